The number of nitrogens with zero attached hydrogens (tertiary/aromatic N) is 3. The average Bonchev–Trinajstić information content (AvgIpc) is 2.89. The van der Waals surface area contributed by atoms with Gasteiger partial charge in [0.15, 0.2) is 0 Å². The highest BCUT2D eigenvalue weighted by molar-refractivity contribution is 7.89. The van der Waals surface area contributed by atoms with Crippen molar-refractivity contribution in [2.45, 2.75) is 36.6 Å². The summed E-state index contributed by atoms with van der Waals surface area (Å²) in [5, 5.41) is 8.82. The molecule has 1 aromatic rings. The van der Waals surface area contributed by atoms with Crippen molar-refractivity contribution in [3.05, 3.63) is 24.3 Å². The van der Waals surface area contributed by atoms with Gasteiger partial charge in [0.2, 0.25) is 10.0 Å². The summed E-state index contributed by atoms with van der Waals surface area (Å²) < 4.78 is 39.1. The quantitative estimate of drug-likeness (QED) is 0.788. The maximum absolute atomic E-state index is 13.1. The van der Waals surface area contributed by atoms with Crippen molar-refractivity contribution in [3.63, 3.8) is 0 Å². The summed E-state index contributed by atoms with van der Waals surface area (Å²) in [7, 11) is -3.86. The molecule has 1 aromatic heterocycles. The van der Waals surface area contributed by atoms with Crippen LogP contribution in [0.1, 0.15) is 25.7 Å². The predicted octanol–water partition coefficient (Wildman–Crippen LogP) is 1.68. The van der Waals surface area contributed by atoms with E-state index < -0.39 is 15.8 Å². The van der Waals surface area contributed by atoms with Crippen LogP contribution in [0.2, 0.25) is 0 Å². The van der Waals surface area contributed by atoms with Crippen LogP contribution in [0.3, 0.4) is 0 Å². The lowest BCUT2D eigenvalue weighted by Gasteiger charge is -2.25. The van der Waals surface area contributed by atoms with E-state index in [-0.39, 0.29) is 17.5 Å². The van der Waals surface area contributed by atoms with Crippen molar-refractivity contribution >= 4 is 10.0 Å². The molecule has 7 heteroatoms. The summed E-state index contributed by atoms with van der Waals surface area (Å²) in [5.41, 5.74) is 0. The van der Waals surface area contributed by atoms with Crippen molar-refractivity contribution in [2.75, 3.05) is 6.54 Å². The van der Waals surface area contributed by atoms with Crippen molar-refractivity contribution in [1.82, 2.24) is 9.29 Å². The third kappa shape index (κ3) is 2.91. The zero-order valence-corrected chi connectivity index (χ0v) is 11.1. The normalized spacial score (nSPS) is 16.7. The fourth-order valence-corrected chi connectivity index (χ4v) is 3.90. The second-order valence-corrected chi connectivity index (χ2v) is 6.38. The van der Waals surface area contributed by atoms with E-state index in [0.29, 0.717) is 0 Å². The number of aromatic nitrogens is 1. The Balaban J connectivity index is 2.37. The fourth-order valence-electron chi connectivity index (χ4n) is 2.34. The molecular weight excluding hydrogens is 269 g/mol. The average molecular weight is 283 g/mol. The van der Waals surface area contributed by atoms with Gasteiger partial charge in [-0.15, -0.1) is 0 Å². The van der Waals surface area contributed by atoms with Crippen molar-refractivity contribution in [3.8, 4) is 6.07 Å². The first kappa shape index (κ1) is 13.9. The van der Waals surface area contributed by atoms with Crippen LogP contribution in [0.4, 0.5) is 4.39 Å². The smallest absolute Gasteiger partial charge is 0.245 e. The highest BCUT2D eigenvalue weighted by Gasteiger charge is 2.33. The van der Waals surface area contributed by atoms with Gasteiger partial charge in [0.1, 0.15) is 17.3 Å². The summed E-state index contributed by atoms with van der Waals surface area (Å²) in [6.07, 6.45) is 5.43. The van der Waals surface area contributed by atoms with Crippen LogP contribution in [-0.4, -0.2) is 30.3 Å². The summed E-state index contributed by atoms with van der Waals surface area (Å²) in [6, 6.07) is 2.63. The van der Waals surface area contributed by atoms with Gasteiger partial charge in [-0.3, -0.25) is 4.98 Å². The third-order valence-electron chi connectivity index (χ3n) is 3.24. The van der Waals surface area contributed by atoms with Crippen LogP contribution >= 0.6 is 0 Å². The molecule has 0 saturated heterocycles. The lowest BCUT2D eigenvalue weighted by Crippen LogP contribution is -2.39. The van der Waals surface area contributed by atoms with Crippen molar-refractivity contribution in [2.24, 2.45) is 0 Å². The topological polar surface area (TPSA) is 74.1 Å². The van der Waals surface area contributed by atoms with Crippen LogP contribution in [0, 0.1) is 17.1 Å². The molecule has 0 aromatic carbocycles. The standard InChI is InChI=1S/C12H14FN3O2S/c13-10-7-12(9-15-8-10)19(17,18)16(6-5-14)11-3-1-2-4-11/h7-9,11H,1-4,6H2. The molecular formula is C12H14FN3O2S. The highest BCUT2D eigenvalue weighted by atomic mass is 32.2. The largest absolute Gasteiger partial charge is 0.260 e. The second-order valence-electron chi connectivity index (χ2n) is 4.49. The Bertz CT molecular complexity index is 591. The predicted molar refractivity (Wildman–Crippen MR) is 66.0 cm³/mol. The highest BCUT2D eigenvalue weighted by Crippen LogP contribution is 2.28. The summed E-state index contributed by atoms with van der Waals surface area (Å²) in [6.45, 7) is -0.219. The Morgan fingerprint density at radius 2 is 2.11 bits per heavy atom. The number of halogens is 1. The van der Waals surface area contributed by atoms with Gasteiger partial charge in [-0.2, -0.15) is 9.57 Å². The molecule has 2 rings (SSSR count). The minimum absolute atomic E-state index is 0.173. The summed E-state index contributed by atoms with van der Waals surface area (Å²) in [5.74, 6) is -0.704. The van der Waals surface area contributed by atoms with Crippen LogP contribution in [0.5, 0.6) is 0 Å². The lowest BCUT2D eigenvalue weighted by atomic mass is 10.2. The Hall–Kier alpha value is -1.52. The zero-order chi connectivity index (χ0) is 13.9. The van der Waals surface area contributed by atoms with E-state index in [0.717, 1.165) is 48.4 Å². The molecule has 0 aliphatic heterocycles. The van der Waals surface area contributed by atoms with Crippen molar-refractivity contribution < 1.29 is 12.8 Å². The van der Waals surface area contributed by atoms with Gasteiger partial charge >= 0.3 is 0 Å². The van der Waals surface area contributed by atoms with E-state index in [1.807, 2.05) is 6.07 Å². The maximum atomic E-state index is 13.1. The molecule has 0 spiro atoms. The Morgan fingerprint density at radius 1 is 1.42 bits per heavy atom. The Morgan fingerprint density at radius 3 is 2.68 bits per heavy atom. The van der Waals surface area contributed by atoms with E-state index in [9.17, 15) is 12.8 Å². The van der Waals surface area contributed by atoms with E-state index >= 15 is 0 Å². The molecule has 0 atom stereocenters. The molecule has 1 heterocycles. The van der Waals surface area contributed by atoms with Crippen LogP contribution < -0.4 is 0 Å². The number of rotatable bonds is 4. The van der Waals surface area contributed by atoms with Crippen LogP contribution in [0.25, 0.3) is 0 Å². The van der Waals surface area contributed by atoms with Gasteiger partial charge in [0.05, 0.1) is 12.3 Å². The van der Waals surface area contributed by atoms with Gasteiger partial charge in [-0.25, -0.2) is 12.8 Å². The zero-order valence-electron chi connectivity index (χ0n) is 10.3. The minimum atomic E-state index is -3.86. The van der Waals surface area contributed by atoms with Crippen LogP contribution in [-0.2, 0) is 10.0 Å². The Labute approximate surface area is 111 Å². The van der Waals surface area contributed by atoms with Gasteiger partial charge in [0.25, 0.3) is 0 Å². The SMILES string of the molecule is N#CCN(C1CCCC1)S(=O)(=O)c1cncc(F)c1. The molecule has 0 radical (unpaired) electrons. The third-order valence-corrected chi connectivity index (χ3v) is 5.11. The number of nitriles is 1. The fraction of sp³-hybridized carbons (Fsp3) is 0.500. The molecule has 19 heavy (non-hydrogen) atoms. The molecule has 1 aliphatic carbocycles. The first-order valence-corrected chi connectivity index (χ1v) is 7.49. The molecule has 1 saturated carbocycles. The van der Waals surface area contributed by atoms with Gasteiger partial charge in [-0.05, 0) is 18.9 Å². The Kier molecular flexibility index (Phi) is 4.12. The second kappa shape index (κ2) is 5.63. The summed E-state index contributed by atoms with van der Waals surface area (Å²) >= 11 is 0. The first-order valence-electron chi connectivity index (χ1n) is 6.05. The van der Waals surface area contributed by atoms with E-state index in [2.05, 4.69) is 4.98 Å². The number of pyridine rings is 1. The number of hydrogen-bond acceptors (Lipinski definition) is 4. The number of hydrogen-bond donors (Lipinski definition) is 0. The van der Waals surface area contributed by atoms with E-state index in [1.54, 1.807) is 0 Å². The molecule has 0 bridgehead atoms. The molecule has 1 fully saturated rings. The monoisotopic (exact) mass is 283 g/mol. The minimum Gasteiger partial charge on any atom is -0.260 e. The first-order chi connectivity index (χ1) is 9.05. The molecule has 0 unspecified atom stereocenters. The van der Waals surface area contributed by atoms with Gasteiger partial charge < -0.3 is 0 Å². The lowest BCUT2D eigenvalue weighted by molar-refractivity contribution is 0.350. The maximum Gasteiger partial charge on any atom is 0.245 e. The van der Waals surface area contributed by atoms with Crippen LogP contribution in [0.15, 0.2) is 23.4 Å². The molecule has 102 valence electrons. The van der Waals surface area contributed by atoms with Crippen molar-refractivity contribution in [1.29, 1.82) is 5.26 Å². The van der Waals surface area contributed by atoms with E-state index in [1.165, 1.54) is 0 Å². The number of sulfonamides is 1. The molecule has 0 N–H and O–H groups in total. The van der Waals surface area contributed by atoms with Gasteiger partial charge in [-0.1, -0.05) is 12.8 Å². The molecule has 0 amide bonds. The molecule has 1 aliphatic rings. The van der Waals surface area contributed by atoms with E-state index in [4.69, 9.17) is 5.26 Å². The summed E-state index contributed by atoms with van der Waals surface area (Å²) in [4.78, 5) is 3.36. The molecule has 5 nitrogen and oxygen atoms in total. The van der Waals surface area contributed by atoms with Gasteiger partial charge in [0, 0.05) is 12.2 Å².